The first-order chi connectivity index (χ1) is 7.27. The summed E-state index contributed by atoms with van der Waals surface area (Å²) in [5, 5.41) is 0. The number of carbonyl (C=O) groups is 2. The quantitative estimate of drug-likeness (QED) is 0.525. The second-order valence-electron chi connectivity index (χ2n) is 3.90. The zero-order chi connectivity index (χ0) is 10.7. The molecule has 0 atom stereocenters. The van der Waals surface area contributed by atoms with Crippen LogP contribution in [-0.2, 0) is 14.3 Å². The molecule has 0 aromatic heterocycles. The molecule has 2 aliphatic carbocycles. The largest absolute Gasteiger partial charge is 0.425 e. The Morgan fingerprint density at radius 1 is 1.07 bits per heavy atom. The SMILES string of the molecule is O=C(OC1=CCCC1)C(=O)C1=CCCC1. The van der Waals surface area contributed by atoms with Gasteiger partial charge in [-0.15, -0.1) is 0 Å². The zero-order valence-corrected chi connectivity index (χ0v) is 8.62. The summed E-state index contributed by atoms with van der Waals surface area (Å²) in [6.07, 6.45) is 9.04. The molecule has 0 heterocycles. The molecule has 3 heteroatoms. The smallest absolute Gasteiger partial charge is 0.384 e. The molecule has 0 unspecified atom stereocenters. The minimum atomic E-state index is -0.712. The highest BCUT2D eigenvalue weighted by Crippen LogP contribution is 2.22. The first-order valence-corrected chi connectivity index (χ1v) is 5.42. The van der Waals surface area contributed by atoms with Crippen molar-refractivity contribution in [3.8, 4) is 0 Å². The number of Topliss-reactive ketones (excluding diaryl/α,β-unsaturated/α-hetero) is 1. The van der Waals surface area contributed by atoms with E-state index in [1.807, 2.05) is 12.2 Å². The van der Waals surface area contributed by atoms with Gasteiger partial charge < -0.3 is 4.74 Å². The Morgan fingerprint density at radius 3 is 2.40 bits per heavy atom. The first-order valence-electron chi connectivity index (χ1n) is 5.42. The van der Waals surface area contributed by atoms with Crippen LogP contribution in [0.25, 0.3) is 0 Å². The molecule has 15 heavy (non-hydrogen) atoms. The average Bonchev–Trinajstić information content (AvgIpc) is 2.88. The van der Waals surface area contributed by atoms with Gasteiger partial charge >= 0.3 is 5.97 Å². The van der Waals surface area contributed by atoms with E-state index in [9.17, 15) is 9.59 Å². The van der Waals surface area contributed by atoms with E-state index in [0.717, 1.165) is 32.1 Å². The second kappa shape index (κ2) is 4.43. The first kappa shape index (κ1) is 10.1. The fourth-order valence-electron chi connectivity index (χ4n) is 1.91. The van der Waals surface area contributed by atoms with E-state index in [4.69, 9.17) is 4.74 Å². The molecule has 0 aromatic carbocycles. The van der Waals surface area contributed by atoms with Crippen LogP contribution in [0.3, 0.4) is 0 Å². The summed E-state index contributed by atoms with van der Waals surface area (Å²) in [5.74, 6) is -0.511. The third kappa shape index (κ3) is 2.35. The Hall–Kier alpha value is -1.38. The maximum Gasteiger partial charge on any atom is 0.384 e. The van der Waals surface area contributed by atoms with Crippen molar-refractivity contribution in [1.82, 2.24) is 0 Å². The van der Waals surface area contributed by atoms with Gasteiger partial charge in [0.25, 0.3) is 5.78 Å². The van der Waals surface area contributed by atoms with Crippen LogP contribution in [0.5, 0.6) is 0 Å². The molecule has 0 spiro atoms. The normalized spacial score (nSPS) is 19.7. The summed E-state index contributed by atoms with van der Waals surface area (Å²) in [7, 11) is 0. The van der Waals surface area contributed by atoms with Crippen molar-refractivity contribution in [1.29, 1.82) is 0 Å². The van der Waals surface area contributed by atoms with Gasteiger partial charge in [0.1, 0.15) is 5.76 Å². The molecular weight excluding hydrogens is 192 g/mol. The number of ether oxygens (including phenoxy) is 1. The van der Waals surface area contributed by atoms with Crippen molar-refractivity contribution in [3.63, 3.8) is 0 Å². The molecular formula is C12H14O3. The second-order valence-corrected chi connectivity index (χ2v) is 3.90. The lowest BCUT2D eigenvalue weighted by Gasteiger charge is -2.03. The molecule has 80 valence electrons. The number of esters is 1. The van der Waals surface area contributed by atoms with Crippen LogP contribution >= 0.6 is 0 Å². The van der Waals surface area contributed by atoms with Gasteiger partial charge in [-0.05, 0) is 38.2 Å². The third-order valence-corrected chi connectivity index (χ3v) is 2.74. The molecule has 0 aromatic rings. The average molecular weight is 206 g/mol. The fraction of sp³-hybridized carbons (Fsp3) is 0.500. The van der Waals surface area contributed by atoms with Gasteiger partial charge in [0.2, 0.25) is 0 Å². The van der Waals surface area contributed by atoms with Crippen LogP contribution in [0.1, 0.15) is 38.5 Å². The van der Waals surface area contributed by atoms with Crippen LogP contribution in [0.15, 0.2) is 23.5 Å². The van der Waals surface area contributed by atoms with Crippen LogP contribution in [0.2, 0.25) is 0 Å². The van der Waals surface area contributed by atoms with Crippen molar-refractivity contribution in [2.24, 2.45) is 0 Å². The number of rotatable bonds is 3. The fourth-order valence-corrected chi connectivity index (χ4v) is 1.91. The Balaban J connectivity index is 1.92. The van der Waals surface area contributed by atoms with Crippen LogP contribution in [-0.4, -0.2) is 11.8 Å². The summed E-state index contributed by atoms with van der Waals surface area (Å²) in [6, 6.07) is 0. The molecule has 0 radical (unpaired) electrons. The molecule has 0 amide bonds. The summed E-state index contributed by atoms with van der Waals surface area (Å²) >= 11 is 0. The lowest BCUT2D eigenvalue weighted by Crippen LogP contribution is -2.18. The van der Waals surface area contributed by atoms with Crippen molar-refractivity contribution in [3.05, 3.63) is 23.5 Å². The highest BCUT2D eigenvalue weighted by Gasteiger charge is 2.23. The van der Waals surface area contributed by atoms with Gasteiger partial charge in [0.05, 0.1) is 0 Å². The van der Waals surface area contributed by atoms with Crippen LogP contribution in [0.4, 0.5) is 0 Å². The summed E-state index contributed by atoms with van der Waals surface area (Å²) in [6.45, 7) is 0. The predicted octanol–water partition coefficient (Wildman–Crippen LogP) is 2.28. The van der Waals surface area contributed by atoms with Crippen LogP contribution in [0, 0.1) is 0 Å². The topological polar surface area (TPSA) is 43.4 Å². The zero-order valence-electron chi connectivity index (χ0n) is 8.62. The minimum Gasteiger partial charge on any atom is -0.425 e. The highest BCUT2D eigenvalue weighted by molar-refractivity contribution is 6.40. The standard InChI is InChI=1S/C12H14O3/c13-11(9-5-1-2-6-9)12(14)15-10-7-3-4-8-10/h5,7H,1-4,6,8H2. The van der Waals surface area contributed by atoms with Gasteiger partial charge in [0, 0.05) is 12.0 Å². The summed E-state index contributed by atoms with van der Waals surface area (Å²) in [4.78, 5) is 23.0. The maximum atomic E-state index is 11.6. The number of hydrogen-bond acceptors (Lipinski definition) is 3. The Kier molecular flexibility index (Phi) is 2.99. The molecule has 2 aliphatic rings. The Morgan fingerprint density at radius 2 is 1.80 bits per heavy atom. The molecule has 0 fully saturated rings. The van der Waals surface area contributed by atoms with E-state index >= 15 is 0 Å². The van der Waals surface area contributed by atoms with E-state index in [-0.39, 0.29) is 0 Å². The molecule has 0 saturated heterocycles. The van der Waals surface area contributed by atoms with Gasteiger partial charge in [0.15, 0.2) is 0 Å². The lowest BCUT2D eigenvalue weighted by atomic mass is 10.1. The van der Waals surface area contributed by atoms with E-state index in [1.54, 1.807) is 0 Å². The van der Waals surface area contributed by atoms with E-state index in [2.05, 4.69) is 0 Å². The van der Waals surface area contributed by atoms with Crippen molar-refractivity contribution in [2.75, 3.05) is 0 Å². The summed E-state index contributed by atoms with van der Waals surface area (Å²) < 4.78 is 5.02. The molecule has 2 rings (SSSR count). The van der Waals surface area contributed by atoms with Gasteiger partial charge in [-0.3, -0.25) is 4.79 Å². The maximum absolute atomic E-state index is 11.6. The number of hydrogen-bond donors (Lipinski definition) is 0. The van der Waals surface area contributed by atoms with Crippen LogP contribution < -0.4 is 0 Å². The molecule has 0 aliphatic heterocycles. The molecule has 0 saturated carbocycles. The van der Waals surface area contributed by atoms with Gasteiger partial charge in [-0.1, -0.05) is 6.08 Å². The monoisotopic (exact) mass is 206 g/mol. The van der Waals surface area contributed by atoms with E-state index in [0.29, 0.717) is 17.8 Å². The Bertz CT molecular complexity index is 350. The molecule has 0 bridgehead atoms. The van der Waals surface area contributed by atoms with Gasteiger partial charge in [-0.25, -0.2) is 4.79 Å². The van der Waals surface area contributed by atoms with Crippen molar-refractivity contribution < 1.29 is 14.3 Å². The van der Waals surface area contributed by atoms with E-state index < -0.39 is 11.8 Å². The minimum absolute atomic E-state index is 0.458. The highest BCUT2D eigenvalue weighted by atomic mass is 16.5. The van der Waals surface area contributed by atoms with Crippen molar-refractivity contribution in [2.45, 2.75) is 38.5 Å². The third-order valence-electron chi connectivity index (χ3n) is 2.74. The van der Waals surface area contributed by atoms with Crippen molar-refractivity contribution >= 4 is 11.8 Å². The number of carbonyl (C=O) groups excluding carboxylic acids is 2. The number of allylic oxidation sites excluding steroid dienone is 3. The summed E-state index contributed by atoms with van der Waals surface area (Å²) in [5.41, 5.74) is 0.624. The lowest BCUT2D eigenvalue weighted by molar-refractivity contribution is -0.149. The van der Waals surface area contributed by atoms with Gasteiger partial charge in [-0.2, -0.15) is 0 Å². The molecule has 0 N–H and O–H groups in total. The van der Waals surface area contributed by atoms with E-state index in [1.165, 1.54) is 0 Å². The number of ketones is 1. The molecule has 3 nitrogen and oxygen atoms in total. The Labute approximate surface area is 88.8 Å². The predicted molar refractivity (Wildman–Crippen MR) is 55.0 cm³/mol.